The lowest BCUT2D eigenvalue weighted by Gasteiger charge is -2.14. The molecular weight excluding hydrogens is 403 g/mol. The van der Waals surface area contributed by atoms with E-state index in [4.69, 9.17) is 4.74 Å². The molecule has 9 heteroatoms. The van der Waals surface area contributed by atoms with Gasteiger partial charge in [-0.15, -0.1) is 0 Å². The third-order valence-corrected chi connectivity index (χ3v) is 5.21. The van der Waals surface area contributed by atoms with Gasteiger partial charge in [-0.2, -0.15) is 13.2 Å². The maximum absolute atomic E-state index is 13.1. The summed E-state index contributed by atoms with van der Waals surface area (Å²) in [4.78, 5) is 19.7. The van der Waals surface area contributed by atoms with Crippen molar-refractivity contribution in [3.05, 3.63) is 59.9 Å². The number of ether oxygens (including phenoxy) is 1. The summed E-state index contributed by atoms with van der Waals surface area (Å²) in [6, 6.07) is 13.6. The molecule has 1 atom stereocenters. The highest BCUT2D eigenvalue weighted by molar-refractivity contribution is 8.00. The van der Waals surface area contributed by atoms with E-state index in [1.165, 1.54) is 6.07 Å². The Labute approximate surface area is 169 Å². The van der Waals surface area contributed by atoms with Crippen molar-refractivity contribution in [2.45, 2.75) is 29.9 Å². The molecule has 152 valence electrons. The first kappa shape index (κ1) is 20.9. The number of fused-ring (bicyclic) bond motifs is 1. The number of carbonyl (C=O) groups excluding carboxylic acids is 1. The normalized spacial score (nSPS) is 12.6. The molecule has 29 heavy (non-hydrogen) atoms. The van der Waals surface area contributed by atoms with Crippen LogP contribution in [0.15, 0.2) is 53.6 Å². The molecule has 0 saturated carbocycles. The molecule has 0 radical (unpaired) electrons. The summed E-state index contributed by atoms with van der Waals surface area (Å²) in [7, 11) is 1.57. The van der Waals surface area contributed by atoms with Gasteiger partial charge < -0.3 is 10.1 Å². The van der Waals surface area contributed by atoms with Crippen LogP contribution in [0.5, 0.6) is 5.75 Å². The Morgan fingerprint density at radius 1 is 1.14 bits per heavy atom. The van der Waals surface area contributed by atoms with E-state index in [1.54, 1.807) is 44.4 Å². The third kappa shape index (κ3) is 5.17. The largest absolute Gasteiger partial charge is 0.497 e. The van der Waals surface area contributed by atoms with Gasteiger partial charge in [-0.25, -0.2) is 9.97 Å². The van der Waals surface area contributed by atoms with Crippen LogP contribution in [0, 0.1) is 0 Å². The number of para-hydroxylation sites is 1. The molecule has 3 rings (SSSR count). The van der Waals surface area contributed by atoms with Gasteiger partial charge in [-0.05, 0) is 30.7 Å². The van der Waals surface area contributed by atoms with Crippen LogP contribution >= 0.6 is 11.8 Å². The molecule has 0 unspecified atom stereocenters. The Hall–Kier alpha value is -2.81. The molecule has 0 aliphatic carbocycles. The van der Waals surface area contributed by atoms with Crippen molar-refractivity contribution >= 4 is 28.6 Å². The van der Waals surface area contributed by atoms with E-state index in [2.05, 4.69) is 15.3 Å². The van der Waals surface area contributed by atoms with Gasteiger partial charge in [0.15, 0.2) is 0 Å². The maximum Gasteiger partial charge on any atom is 0.451 e. The number of thioether (sulfide) groups is 1. The summed E-state index contributed by atoms with van der Waals surface area (Å²) in [6.45, 7) is 1.92. The molecule has 1 heterocycles. The topological polar surface area (TPSA) is 64.1 Å². The minimum atomic E-state index is -4.67. The molecule has 2 aromatic carbocycles. The van der Waals surface area contributed by atoms with Gasteiger partial charge in [-0.1, -0.05) is 42.1 Å². The van der Waals surface area contributed by atoms with Crippen LogP contribution in [0.3, 0.4) is 0 Å². The molecule has 1 N–H and O–H groups in total. The smallest absolute Gasteiger partial charge is 0.451 e. The number of halogens is 3. The molecule has 3 aromatic rings. The molecule has 0 aliphatic rings. The summed E-state index contributed by atoms with van der Waals surface area (Å²) in [5, 5.41) is 2.73. The fourth-order valence-electron chi connectivity index (χ4n) is 2.56. The number of nitrogens with zero attached hydrogens (tertiary/aromatic N) is 2. The van der Waals surface area contributed by atoms with Gasteiger partial charge in [0.25, 0.3) is 0 Å². The van der Waals surface area contributed by atoms with E-state index < -0.39 is 17.3 Å². The Morgan fingerprint density at radius 2 is 1.83 bits per heavy atom. The zero-order chi connectivity index (χ0) is 21.0. The highest BCUT2D eigenvalue weighted by atomic mass is 32.2. The molecular formula is C20H18F3N3O2S. The number of rotatable bonds is 6. The number of methoxy groups -OCH3 is 1. The lowest BCUT2D eigenvalue weighted by Crippen LogP contribution is -2.30. The van der Waals surface area contributed by atoms with Gasteiger partial charge in [-0.3, -0.25) is 4.79 Å². The summed E-state index contributed by atoms with van der Waals surface area (Å²) < 4.78 is 44.5. The first-order valence-corrected chi connectivity index (χ1v) is 9.57. The van der Waals surface area contributed by atoms with Crippen molar-refractivity contribution in [3.8, 4) is 5.75 Å². The standard InChI is InChI=1S/C20H18F3N3O2S/c1-12(17(27)24-11-13-7-9-14(28-2)10-8-13)29-18-15-5-3-4-6-16(15)25-19(26-18)20(21,22)23/h3-10,12H,11H2,1-2H3,(H,24,27)/t12-/m1/s1. The second kappa shape index (κ2) is 8.69. The quantitative estimate of drug-likeness (QED) is 0.471. The van der Waals surface area contributed by atoms with Gasteiger partial charge in [0.05, 0.1) is 17.9 Å². The lowest BCUT2D eigenvalue weighted by atomic mass is 10.2. The van der Waals surface area contributed by atoms with E-state index in [0.717, 1.165) is 17.3 Å². The highest BCUT2D eigenvalue weighted by Gasteiger charge is 2.35. The van der Waals surface area contributed by atoms with Crippen molar-refractivity contribution in [1.82, 2.24) is 15.3 Å². The molecule has 0 fully saturated rings. The number of nitrogens with one attached hydrogen (secondary N) is 1. The van der Waals surface area contributed by atoms with Crippen LogP contribution in [-0.2, 0) is 17.5 Å². The zero-order valence-electron chi connectivity index (χ0n) is 15.7. The minimum absolute atomic E-state index is 0.120. The Bertz CT molecular complexity index is 1010. The van der Waals surface area contributed by atoms with E-state index >= 15 is 0 Å². The van der Waals surface area contributed by atoms with Crippen LogP contribution in [-0.4, -0.2) is 28.2 Å². The van der Waals surface area contributed by atoms with E-state index in [9.17, 15) is 18.0 Å². The molecule has 0 bridgehead atoms. The lowest BCUT2D eigenvalue weighted by molar-refractivity contribution is -0.145. The van der Waals surface area contributed by atoms with Gasteiger partial charge >= 0.3 is 6.18 Å². The predicted octanol–water partition coefficient (Wildman–Crippen LogP) is 4.45. The predicted molar refractivity (Wildman–Crippen MR) is 105 cm³/mol. The number of hydrogen-bond acceptors (Lipinski definition) is 5. The summed E-state index contributed by atoms with van der Waals surface area (Å²) in [5.74, 6) is -0.813. The number of alkyl halides is 3. The van der Waals surface area contributed by atoms with Crippen LogP contribution in [0.25, 0.3) is 10.9 Å². The molecule has 0 saturated heterocycles. The van der Waals surface area contributed by atoms with Gasteiger partial charge in [0.1, 0.15) is 10.8 Å². The van der Waals surface area contributed by atoms with Crippen molar-refractivity contribution < 1.29 is 22.7 Å². The van der Waals surface area contributed by atoms with E-state index in [0.29, 0.717) is 17.7 Å². The second-order valence-electron chi connectivity index (χ2n) is 6.19. The average molecular weight is 421 g/mol. The van der Waals surface area contributed by atoms with Crippen LogP contribution < -0.4 is 10.1 Å². The van der Waals surface area contributed by atoms with Crippen molar-refractivity contribution in [2.75, 3.05) is 7.11 Å². The zero-order valence-corrected chi connectivity index (χ0v) is 16.5. The maximum atomic E-state index is 13.1. The van der Waals surface area contributed by atoms with Crippen molar-refractivity contribution in [2.24, 2.45) is 0 Å². The van der Waals surface area contributed by atoms with E-state index in [-0.39, 0.29) is 16.4 Å². The number of carbonyl (C=O) groups is 1. The number of aromatic nitrogens is 2. The summed E-state index contributed by atoms with van der Waals surface area (Å²) >= 11 is 0.970. The Morgan fingerprint density at radius 3 is 2.48 bits per heavy atom. The van der Waals surface area contributed by atoms with E-state index in [1.807, 2.05) is 12.1 Å². The number of benzene rings is 2. The van der Waals surface area contributed by atoms with Gasteiger partial charge in [0.2, 0.25) is 11.7 Å². The molecule has 5 nitrogen and oxygen atoms in total. The highest BCUT2D eigenvalue weighted by Crippen LogP contribution is 2.33. The fourth-order valence-corrected chi connectivity index (χ4v) is 3.53. The van der Waals surface area contributed by atoms with Crippen LogP contribution in [0.4, 0.5) is 13.2 Å². The summed E-state index contributed by atoms with van der Waals surface area (Å²) in [5.41, 5.74) is 1.06. The van der Waals surface area contributed by atoms with Crippen LogP contribution in [0.2, 0.25) is 0 Å². The molecule has 1 amide bonds. The Kier molecular flexibility index (Phi) is 6.26. The number of hydrogen-bond donors (Lipinski definition) is 1. The third-order valence-electron chi connectivity index (χ3n) is 4.11. The molecule has 0 aliphatic heterocycles. The molecule has 1 aromatic heterocycles. The van der Waals surface area contributed by atoms with Crippen LogP contribution in [0.1, 0.15) is 18.3 Å². The summed E-state index contributed by atoms with van der Waals surface area (Å²) in [6.07, 6.45) is -4.67. The molecule has 0 spiro atoms. The average Bonchev–Trinajstić information content (AvgIpc) is 2.71. The minimum Gasteiger partial charge on any atom is -0.497 e. The second-order valence-corrected chi connectivity index (χ2v) is 7.52. The number of amides is 1. The first-order chi connectivity index (χ1) is 13.8. The van der Waals surface area contributed by atoms with Crippen molar-refractivity contribution in [1.29, 1.82) is 0 Å². The fraction of sp³-hybridized carbons (Fsp3) is 0.250. The SMILES string of the molecule is COc1ccc(CNC(=O)[C@@H](C)Sc2nc(C(F)(F)F)nc3ccccc23)cc1. The van der Waals surface area contributed by atoms with Gasteiger partial charge in [0, 0.05) is 11.9 Å². The van der Waals surface area contributed by atoms with Crippen molar-refractivity contribution in [3.63, 3.8) is 0 Å². The monoisotopic (exact) mass is 421 g/mol. The Balaban J connectivity index is 1.74. The first-order valence-electron chi connectivity index (χ1n) is 8.69.